The fourth-order valence-corrected chi connectivity index (χ4v) is 2.91. The molecule has 1 aliphatic heterocycles. The van der Waals surface area contributed by atoms with Gasteiger partial charge in [0.2, 0.25) is 5.91 Å². The molecule has 2 N–H and O–H groups in total. The summed E-state index contributed by atoms with van der Waals surface area (Å²) < 4.78 is 13.7. The molecular weight excluding hydrogens is 323 g/mol. The van der Waals surface area contributed by atoms with Gasteiger partial charge >= 0.3 is 0 Å². The second kappa shape index (κ2) is 6.68. The van der Waals surface area contributed by atoms with Crippen molar-refractivity contribution in [2.24, 2.45) is 5.92 Å². The van der Waals surface area contributed by atoms with Crippen molar-refractivity contribution in [1.82, 2.24) is 5.32 Å². The molecule has 1 fully saturated rings. The summed E-state index contributed by atoms with van der Waals surface area (Å²) in [6, 6.07) is 2.88. The molecule has 2 rings (SSSR count). The van der Waals surface area contributed by atoms with Crippen LogP contribution in [0.25, 0.3) is 0 Å². The molecule has 1 saturated heterocycles. The standard InChI is InChI=1S/C15H20BrFN2O/c1-3-10-4-5-18-14(7-10)15(20)19-13-8-11(16)12(17)6-9(13)2/h6,8,10,14,18H,3-5,7H2,1-2H3,(H,19,20). The van der Waals surface area contributed by atoms with Crippen molar-refractivity contribution in [3.05, 3.63) is 28.0 Å². The van der Waals surface area contributed by atoms with E-state index in [4.69, 9.17) is 0 Å². The fourth-order valence-electron chi connectivity index (χ4n) is 2.57. The van der Waals surface area contributed by atoms with Gasteiger partial charge in [0.25, 0.3) is 0 Å². The number of aryl methyl sites for hydroxylation is 1. The highest BCUT2D eigenvalue weighted by Gasteiger charge is 2.26. The Labute approximate surface area is 127 Å². The van der Waals surface area contributed by atoms with Gasteiger partial charge in [0.05, 0.1) is 10.5 Å². The number of nitrogens with one attached hydrogen (secondary N) is 2. The van der Waals surface area contributed by atoms with Crippen molar-refractivity contribution in [3.8, 4) is 0 Å². The first kappa shape index (κ1) is 15.4. The van der Waals surface area contributed by atoms with Gasteiger partial charge in [-0.15, -0.1) is 0 Å². The lowest BCUT2D eigenvalue weighted by Crippen LogP contribution is -2.46. The van der Waals surface area contributed by atoms with Crippen molar-refractivity contribution >= 4 is 27.5 Å². The van der Waals surface area contributed by atoms with E-state index in [1.165, 1.54) is 6.07 Å². The summed E-state index contributed by atoms with van der Waals surface area (Å²) in [5.74, 6) is 0.250. The minimum Gasteiger partial charge on any atom is -0.324 e. The van der Waals surface area contributed by atoms with E-state index < -0.39 is 0 Å². The largest absolute Gasteiger partial charge is 0.324 e. The van der Waals surface area contributed by atoms with Crippen LogP contribution in [0.5, 0.6) is 0 Å². The smallest absolute Gasteiger partial charge is 0.241 e. The Balaban J connectivity index is 2.06. The Morgan fingerprint density at radius 3 is 3.00 bits per heavy atom. The second-order valence-corrected chi connectivity index (χ2v) is 6.23. The van der Waals surface area contributed by atoms with Gasteiger partial charge in [-0.25, -0.2) is 4.39 Å². The molecule has 1 aromatic carbocycles. The number of carbonyl (C=O) groups is 1. The van der Waals surface area contributed by atoms with E-state index in [1.807, 2.05) is 0 Å². The first-order valence-corrected chi connectivity index (χ1v) is 7.80. The third kappa shape index (κ3) is 3.58. The Bertz CT molecular complexity index is 507. The molecule has 3 nitrogen and oxygen atoms in total. The second-order valence-electron chi connectivity index (χ2n) is 5.38. The number of rotatable bonds is 3. The van der Waals surface area contributed by atoms with E-state index in [0.717, 1.165) is 31.4 Å². The number of piperidine rings is 1. The average molecular weight is 343 g/mol. The van der Waals surface area contributed by atoms with Gasteiger partial charge in [0.15, 0.2) is 0 Å². The van der Waals surface area contributed by atoms with Crippen LogP contribution >= 0.6 is 15.9 Å². The highest BCUT2D eigenvalue weighted by molar-refractivity contribution is 9.10. The van der Waals surface area contributed by atoms with Crippen LogP contribution in [-0.2, 0) is 4.79 Å². The molecule has 2 atom stereocenters. The summed E-state index contributed by atoms with van der Waals surface area (Å²) in [6.07, 6.45) is 3.09. The van der Waals surface area contributed by atoms with Gasteiger partial charge in [-0.1, -0.05) is 13.3 Å². The summed E-state index contributed by atoms with van der Waals surface area (Å²) >= 11 is 3.14. The maximum atomic E-state index is 13.4. The van der Waals surface area contributed by atoms with Crippen LogP contribution in [0.15, 0.2) is 16.6 Å². The Kier molecular flexibility index (Phi) is 5.16. The molecule has 0 saturated carbocycles. The topological polar surface area (TPSA) is 41.1 Å². The maximum Gasteiger partial charge on any atom is 0.241 e. The normalized spacial score (nSPS) is 22.6. The molecule has 0 aliphatic carbocycles. The number of hydrogen-bond acceptors (Lipinski definition) is 2. The SMILES string of the molecule is CCC1CCNC(C(=O)Nc2cc(Br)c(F)cc2C)C1. The van der Waals surface area contributed by atoms with Gasteiger partial charge in [-0.05, 0) is 65.9 Å². The van der Waals surface area contributed by atoms with Crippen LogP contribution in [0.1, 0.15) is 31.7 Å². The molecule has 0 radical (unpaired) electrons. The maximum absolute atomic E-state index is 13.4. The summed E-state index contributed by atoms with van der Waals surface area (Å²) in [6.45, 7) is 4.82. The minimum absolute atomic E-state index is 0.0373. The van der Waals surface area contributed by atoms with Gasteiger partial charge in [0.1, 0.15) is 5.82 Å². The quantitative estimate of drug-likeness (QED) is 0.880. The Hall–Kier alpha value is -0.940. The van der Waals surface area contributed by atoms with Gasteiger partial charge < -0.3 is 10.6 Å². The van der Waals surface area contributed by atoms with E-state index in [9.17, 15) is 9.18 Å². The van der Waals surface area contributed by atoms with Crippen molar-refractivity contribution in [2.45, 2.75) is 39.2 Å². The summed E-state index contributed by atoms with van der Waals surface area (Å²) in [7, 11) is 0. The fraction of sp³-hybridized carbons (Fsp3) is 0.533. The summed E-state index contributed by atoms with van der Waals surface area (Å²) in [5, 5.41) is 6.15. The molecule has 5 heteroatoms. The molecule has 2 unspecified atom stereocenters. The van der Waals surface area contributed by atoms with E-state index in [-0.39, 0.29) is 17.8 Å². The molecule has 1 aliphatic rings. The lowest BCUT2D eigenvalue weighted by molar-refractivity contribution is -0.119. The zero-order valence-electron chi connectivity index (χ0n) is 11.8. The van der Waals surface area contributed by atoms with Crippen LogP contribution in [-0.4, -0.2) is 18.5 Å². The van der Waals surface area contributed by atoms with E-state index >= 15 is 0 Å². The number of halogens is 2. The Morgan fingerprint density at radius 1 is 1.55 bits per heavy atom. The van der Waals surface area contributed by atoms with E-state index in [2.05, 4.69) is 33.5 Å². The zero-order chi connectivity index (χ0) is 14.7. The number of amides is 1. The highest BCUT2D eigenvalue weighted by Crippen LogP contribution is 2.25. The third-order valence-corrected chi connectivity index (χ3v) is 4.54. The molecule has 20 heavy (non-hydrogen) atoms. The molecule has 1 aromatic rings. The van der Waals surface area contributed by atoms with Crippen LogP contribution in [0.3, 0.4) is 0 Å². The molecule has 110 valence electrons. The zero-order valence-corrected chi connectivity index (χ0v) is 13.4. The number of carbonyl (C=O) groups excluding carboxylic acids is 1. The third-order valence-electron chi connectivity index (χ3n) is 3.93. The van der Waals surface area contributed by atoms with Gasteiger partial charge in [-0.3, -0.25) is 4.79 Å². The van der Waals surface area contributed by atoms with Crippen LogP contribution < -0.4 is 10.6 Å². The van der Waals surface area contributed by atoms with Crippen LogP contribution in [0.2, 0.25) is 0 Å². The van der Waals surface area contributed by atoms with Crippen LogP contribution in [0, 0.1) is 18.7 Å². The molecule has 0 bridgehead atoms. The molecule has 0 spiro atoms. The van der Waals surface area contributed by atoms with E-state index in [0.29, 0.717) is 16.1 Å². The van der Waals surface area contributed by atoms with Crippen molar-refractivity contribution in [3.63, 3.8) is 0 Å². The predicted octanol–water partition coefficient (Wildman–Crippen LogP) is 3.61. The predicted molar refractivity (Wildman–Crippen MR) is 82.3 cm³/mol. The van der Waals surface area contributed by atoms with Crippen molar-refractivity contribution in [2.75, 3.05) is 11.9 Å². The number of hydrogen-bond donors (Lipinski definition) is 2. The molecular formula is C15H20BrFN2O. The first-order valence-electron chi connectivity index (χ1n) is 7.01. The van der Waals surface area contributed by atoms with Crippen molar-refractivity contribution in [1.29, 1.82) is 0 Å². The van der Waals surface area contributed by atoms with Gasteiger partial charge in [0, 0.05) is 5.69 Å². The number of anilines is 1. The van der Waals surface area contributed by atoms with Crippen molar-refractivity contribution < 1.29 is 9.18 Å². The van der Waals surface area contributed by atoms with Gasteiger partial charge in [-0.2, -0.15) is 0 Å². The summed E-state index contributed by atoms with van der Waals surface area (Å²) in [4.78, 5) is 12.3. The first-order chi connectivity index (χ1) is 9.51. The number of benzene rings is 1. The Morgan fingerprint density at radius 2 is 2.30 bits per heavy atom. The lowest BCUT2D eigenvalue weighted by Gasteiger charge is -2.29. The highest BCUT2D eigenvalue weighted by atomic mass is 79.9. The minimum atomic E-state index is -0.317. The summed E-state index contributed by atoms with van der Waals surface area (Å²) in [5.41, 5.74) is 1.38. The van der Waals surface area contributed by atoms with Crippen LogP contribution in [0.4, 0.5) is 10.1 Å². The molecule has 0 aromatic heterocycles. The van der Waals surface area contributed by atoms with E-state index in [1.54, 1.807) is 13.0 Å². The molecule has 1 amide bonds. The molecule has 1 heterocycles. The monoisotopic (exact) mass is 342 g/mol. The lowest BCUT2D eigenvalue weighted by atomic mass is 9.90. The average Bonchev–Trinajstić information content (AvgIpc) is 2.44.